The summed E-state index contributed by atoms with van der Waals surface area (Å²) < 4.78 is 52.1. The lowest BCUT2D eigenvalue weighted by Crippen LogP contribution is -2.34. The number of hydrogen-bond acceptors (Lipinski definition) is 8. The van der Waals surface area contributed by atoms with Gasteiger partial charge in [0.15, 0.2) is 0 Å². The summed E-state index contributed by atoms with van der Waals surface area (Å²) in [4.78, 5) is 17.5. The zero-order valence-corrected chi connectivity index (χ0v) is 23.9. The maximum Gasteiger partial charge on any atom is 0.416 e. The topological polar surface area (TPSA) is 114 Å². The fourth-order valence-corrected chi connectivity index (χ4v) is 4.58. The van der Waals surface area contributed by atoms with Gasteiger partial charge in [-0.15, -0.1) is 0 Å². The van der Waals surface area contributed by atoms with Crippen molar-refractivity contribution in [1.82, 2.24) is 15.6 Å². The summed E-state index contributed by atoms with van der Waals surface area (Å²) in [5.41, 5.74) is 2.19. The number of carbonyl (C=O) groups excluding carboxylic acids is 1. The summed E-state index contributed by atoms with van der Waals surface area (Å²) in [5.74, 6) is 6.51. The van der Waals surface area contributed by atoms with E-state index >= 15 is 0 Å². The Labute approximate surface area is 242 Å². The summed E-state index contributed by atoms with van der Waals surface area (Å²) in [6, 6.07) is 8.84. The van der Waals surface area contributed by atoms with Gasteiger partial charge in [-0.1, -0.05) is 12.5 Å². The van der Waals surface area contributed by atoms with Crippen molar-refractivity contribution in [2.75, 3.05) is 31.6 Å². The van der Waals surface area contributed by atoms with Crippen molar-refractivity contribution in [1.29, 1.82) is 0 Å². The Morgan fingerprint density at radius 2 is 1.88 bits per heavy atom. The molecule has 4 rings (SSSR count). The average Bonchev–Trinajstić information content (AvgIpc) is 2.94. The molecule has 2 aromatic carbocycles. The third kappa shape index (κ3) is 7.12. The molecule has 3 aromatic rings. The van der Waals surface area contributed by atoms with E-state index in [0.717, 1.165) is 42.5 Å². The Kier molecular flexibility index (Phi) is 9.59. The third-order valence-corrected chi connectivity index (χ3v) is 7.18. The molecule has 0 aliphatic heterocycles. The minimum absolute atomic E-state index is 0.0719. The van der Waals surface area contributed by atoms with Gasteiger partial charge in [0.1, 0.15) is 11.5 Å². The highest BCUT2D eigenvalue weighted by Gasteiger charge is 2.33. The van der Waals surface area contributed by atoms with Crippen LogP contribution in [0.5, 0.6) is 11.5 Å². The van der Waals surface area contributed by atoms with Gasteiger partial charge in [0.2, 0.25) is 0 Å². The minimum Gasteiger partial charge on any atom is -0.495 e. The van der Waals surface area contributed by atoms with Crippen LogP contribution in [0.4, 0.5) is 24.5 Å². The number of carbonyl (C=O) groups is 1. The number of ether oxygens (including phenoxy) is 2. The van der Waals surface area contributed by atoms with Crippen molar-refractivity contribution in [3.8, 4) is 11.5 Å². The van der Waals surface area contributed by atoms with E-state index in [1.807, 2.05) is 6.92 Å². The van der Waals surface area contributed by atoms with Crippen LogP contribution in [0.2, 0.25) is 0 Å². The van der Waals surface area contributed by atoms with Crippen molar-refractivity contribution in [2.24, 2.45) is 5.84 Å². The molecule has 1 heterocycles. The lowest BCUT2D eigenvalue weighted by atomic mass is 9.93. The van der Waals surface area contributed by atoms with E-state index in [1.54, 1.807) is 57.0 Å². The monoisotopic (exact) mass is 584 g/mol. The molecule has 1 aromatic heterocycles. The van der Waals surface area contributed by atoms with Crippen LogP contribution in [0.15, 0.2) is 55.0 Å². The number of aromatic nitrogens is 1. The third-order valence-electron chi connectivity index (χ3n) is 7.18. The van der Waals surface area contributed by atoms with Crippen molar-refractivity contribution in [2.45, 2.75) is 44.9 Å². The Morgan fingerprint density at radius 3 is 2.50 bits per heavy atom. The molecular formula is C30H35F3N6O3. The van der Waals surface area contributed by atoms with Crippen LogP contribution in [0, 0.1) is 6.92 Å². The number of hydrazine groups is 1. The zero-order valence-electron chi connectivity index (χ0n) is 23.9. The molecule has 0 atom stereocenters. The Bertz CT molecular complexity index is 1460. The fraction of sp³-hybridized carbons (Fsp3) is 0.333. The highest BCUT2D eigenvalue weighted by atomic mass is 19.4. The summed E-state index contributed by atoms with van der Waals surface area (Å²) in [6.07, 6.45) is 3.29. The zero-order chi connectivity index (χ0) is 30.4. The second-order valence-electron chi connectivity index (χ2n) is 9.99. The van der Waals surface area contributed by atoms with E-state index in [2.05, 4.69) is 20.9 Å². The van der Waals surface area contributed by atoms with Gasteiger partial charge in [0.25, 0.3) is 5.91 Å². The summed E-state index contributed by atoms with van der Waals surface area (Å²) in [5, 5.41) is 10.3. The minimum atomic E-state index is -4.61. The maximum absolute atomic E-state index is 13.8. The lowest BCUT2D eigenvalue weighted by molar-refractivity contribution is -0.137. The molecule has 1 saturated carbocycles. The van der Waals surface area contributed by atoms with Crippen LogP contribution >= 0.6 is 0 Å². The molecule has 224 valence electrons. The molecule has 1 aliphatic rings. The number of rotatable bonds is 11. The molecule has 1 aliphatic carbocycles. The number of amides is 1. The van der Waals surface area contributed by atoms with Crippen molar-refractivity contribution >= 4 is 23.0 Å². The van der Waals surface area contributed by atoms with Crippen molar-refractivity contribution in [3.63, 3.8) is 0 Å². The quantitative estimate of drug-likeness (QED) is 0.179. The van der Waals surface area contributed by atoms with Gasteiger partial charge in [-0.05, 0) is 55.7 Å². The van der Waals surface area contributed by atoms with E-state index in [0.29, 0.717) is 22.7 Å². The summed E-state index contributed by atoms with van der Waals surface area (Å²) in [6.45, 7) is 2.01. The van der Waals surface area contributed by atoms with E-state index in [-0.39, 0.29) is 29.6 Å². The van der Waals surface area contributed by atoms with Gasteiger partial charge >= 0.3 is 6.18 Å². The number of methoxy groups -OCH3 is 2. The Balaban J connectivity index is 1.63. The van der Waals surface area contributed by atoms with Gasteiger partial charge in [-0.2, -0.15) is 13.2 Å². The number of pyridine rings is 1. The first kappa shape index (κ1) is 30.7. The second kappa shape index (κ2) is 13.1. The second-order valence-corrected chi connectivity index (χ2v) is 9.99. The average molecular weight is 585 g/mol. The summed E-state index contributed by atoms with van der Waals surface area (Å²) in [7, 11) is 4.64. The highest BCUT2D eigenvalue weighted by Crippen LogP contribution is 2.38. The smallest absolute Gasteiger partial charge is 0.416 e. The molecule has 0 spiro atoms. The number of hydrogen-bond donors (Lipinski definition) is 4. The molecule has 0 unspecified atom stereocenters. The Hall–Kier alpha value is -4.29. The summed E-state index contributed by atoms with van der Waals surface area (Å²) >= 11 is 0. The standard InChI is InChI=1S/C30H35F3N6O3/c1-18-8-9-19(12-27(18)39(34)17-26(35-2)20-11-24(41-3)16-36-14-20)29(40)38-25-13-22(30(31,32)33)10-21(28(25)42-4)15-37-23-6-5-7-23/h8-14,16-17,23,35,37H,5-7,15,34H2,1-4H3,(H,38,40)/b26-17-. The van der Waals surface area contributed by atoms with Gasteiger partial charge < -0.3 is 25.4 Å². The van der Waals surface area contributed by atoms with Crippen LogP contribution in [0.3, 0.4) is 0 Å². The molecule has 0 saturated heterocycles. The first-order valence-corrected chi connectivity index (χ1v) is 13.4. The number of nitrogens with two attached hydrogens (primary N) is 1. The number of anilines is 2. The number of aryl methyl sites for hydroxylation is 1. The van der Waals surface area contributed by atoms with E-state index < -0.39 is 17.6 Å². The van der Waals surface area contributed by atoms with Gasteiger partial charge in [-0.3, -0.25) is 14.8 Å². The fourth-order valence-electron chi connectivity index (χ4n) is 4.58. The van der Waals surface area contributed by atoms with E-state index in [1.165, 1.54) is 12.1 Å². The van der Waals surface area contributed by atoms with Crippen LogP contribution < -0.4 is 36.3 Å². The SMILES string of the molecule is CN/C(=C\N(N)c1cc(C(=O)Nc2cc(C(F)(F)F)cc(CNC3CCC3)c2OC)ccc1C)c1cncc(OC)c1. The van der Waals surface area contributed by atoms with Gasteiger partial charge in [0.05, 0.1) is 43.1 Å². The molecule has 5 N–H and O–H groups in total. The molecule has 12 heteroatoms. The Morgan fingerprint density at radius 1 is 1.12 bits per heavy atom. The van der Waals surface area contributed by atoms with Gasteiger partial charge in [0, 0.05) is 48.7 Å². The molecule has 9 nitrogen and oxygen atoms in total. The largest absolute Gasteiger partial charge is 0.495 e. The molecule has 42 heavy (non-hydrogen) atoms. The lowest BCUT2D eigenvalue weighted by Gasteiger charge is -2.27. The molecule has 0 radical (unpaired) electrons. The molecular weight excluding hydrogens is 549 g/mol. The molecule has 1 amide bonds. The van der Waals surface area contributed by atoms with Crippen LogP contribution in [-0.4, -0.2) is 38.2 Å². The van der Waals surface area contributed by atoms with E-state index in [4.69, 9.17) is 15.3 Å². The number of nitrogens with zero attached hydrogens (tertiary/aromatic N) is 2. The molecule has 1 fully saturated rings. The first-order chi connectivity index (χ1) is 20.0. The van der Waals surface area contributed by atoms with Crippen LogP contribution in [0.1, 0.15) is 51.9 Å². The van der Waals surface area contributed by atoms with E-state index in [9.17, 15) is 18.0 Å². The predicted molar refractivity (Wildman–Crippen MR) is 156 cm³/mol. The van der Waals surface area contributed by atoms with Crippen LogP contribution in [-0.2, 0) is 12.7 Å². The predicted octanol–water partition coefficient (Wildman–Crippen LogP) is 5.22. The normalized spacial score (nSPS) is 13.8. The number of alkyl halides is 3. The first-order valence-electron chi connectivity index (χ1n) is 13.4. The number of halogens is 3. The highest BCUT2D eigenvalue weighted by molar-refractivity contribution is 6.06. The van der Waals surface area contributed by atoms with Gasteiger partial charge in [-0.25, -0.2) is 5.84 Å². The number of nitrogens with one attached hydrogen (secondary N) is 3. The van der Waals surface area contributed by atoms with Crippen molar-refractivity contribution in [3.05, 3.63) is 82.8 Å². The molecule has 0 bridgehead atoms. The number of benzene rings is 2. The van der Waals surface area contributed by atoms with Crippen LogP contribution in [0.25, 0.3) is 5.70 Å². The van der Waals surface area contributed by atoms with Crippen molar-refractivity contribution < 1.29 is 27.4 Å². The maximum atomic E-state index is 13.8.